The Bertz CT molecular complexity index is 52.8. The fourth-order valence-corrected chi connectivity index (χ4v) is 0.994. The summed E-state index contributed by atoms with van der Waals surface area (Å²) in [4.78, 5) is 0. The minimum absolute atomic E-state index is 0.133. The van der Waals surface area contributed by atoms with Gasteiger partial charge in [0.15, 0.2) is 0 Å². The molecule has 1 aliphatic rings. The number of hydrogen-bond donors (Lipinski definition) is 0. The van der Waals surface area contributed by atoms with Gasteiger partial charge in [0.25, 0.3) is 9.92 Å². The Balaban J connectivity index is 2.13. The molecule has 0 aliphatic carbocycles. The Morgan fingerprint density at radius 3 is 2.17 bits per heavy atom. The second kappa shape index (κ2) is 1.33. The SMILES string of the molecule is CC(C)N1O[SiH2]1. The van der Waals surface area contributed by atoms with Crippen molar-refractivity contribution >= 4 is 9.92 Å². The minimum Gasteiger partial charge on any atom is -0.334 e. The van der Waals surface area contributed by atoms with Gasteiger partial charge in [0.1, 0.15) is 0 Å². The third kappa shape index (κ3) is 0.799. The third-order valence-corrected chi connectivity index (χ3v) is 2.14. The van der Waals surface area contributed by atoms with E-state index in [1.54, 1.807) is 0 Å². The summed E-state index contributed by atoms with van der Waals surface area (Å²) in [5.74, 6) is 0. The van der Waals surface area contributed by atoms with E-state index >= 15 is 0 Å². The lowest BCUT2D eigenvalue weighted by atomic mass is 10.4. The molecule has 0 aromatic carbocycles. The molecule has 36 valence electrons. The highest BCUT2D eigenvalue weighted by Crippen LogP contribution is 2.06. The van der Waals surface area contributed by atoms with Crippen LogP contribution in [0, 0.1) is 0 Å². The molecule has 0 bridgehead atoms. The number of rotatable bonds is 1. The van der Waals surface area contributed by atoms with E-state index in [1.807, 2.05) is 0 Å². The molecule has 0 amide bonds. The molecule has 1 heterocycles. The molecule has 1 fully saturated rings. The number of nitrogens with zero attached hydrogens (tertiary/aromatic N) is 1. The van der Waals surface area contributed by atoms with Crippen molar-refractivity contribution < 1.29 is 4.53 Å². The molecule has 1 rings (SSSR count). The van der Waals surface area contributed by atoms with Gasteiger partial charge >= 0.3 is 0 Å². The van der Waals surface area contributed by atoms with E-state index in [0.29, 0.717) is 6.04 Å². The molecule has 1 aliphatic heterocycles. The topological polar surface area (TPSA) is 15.5 Å². The first kappa shape index (κ1) is 4.30. The van der Waals surface area contributed by atoms with Gasteiger partial charge in [-0.05, 0) is 13.8 Å². The van der Waals surface area contributed by atoms with E-state index in [2.05, 4.69) is 18.6 Å². The van der Waals surface area contributed by atoms with E-state index < -0.39 is 0 Å². The van der Waals surface area contributed by atoms with Gasteiger partial charge in [-0.3, -0.25) is 0 Å². The summed E-state index contributed by atoms with van der Waals surface area (Å²) < 4.78 is 7.00. The molecule has 0 spiro atoms. The maximum atomic E-state index is 4.94. The zero-order valence-corrected chi connectivity index (χ0v) is 5.55. The van der Waals surface area contributed by atoms with Crippen molar-refractivity contribution in [3.8, 4) is 0 Å². The summed E-state index contributed by atoms with van der Waals surface area (Å²) in [6, 6.07) is 0.636. The molecule has 1 unspecified atom stereocenters. The van der Waals surface area contributed by atoms with Gasteiger partial charge in [-0.15, -0.1) is 0 Å². The third-order valence-electron chi connectivity index (χ3n) is 0.854. The summed E-state index contributed by atoms with van der Waals surface area (Å²) in [5, 5.41) is 0. The van der Waals surface area contributed by atoms with E-state index in [0.717, 1.165) is 0 Å². The standard InChI is InChI=1S/C3H9NOSi/c1-3(2)4-5-6-4/h3H,6H2,1-2H3. The second-order valence-electron chi connectivity index (χ2n) is 1.77. The first-order valence-electron chi connectivity index (χ1n) is 2.20. The largest absolute Gasteiger partial charge is 0.334 e. The van der Waals surface area contributed by atoms with Gasteiger partial charge in [0.05, 0.1) is 0 Å². The van der Waals surface area contributed by atoms with Gasteiger partial charge in [0, 0.05) is 6.04 Å². The molecule has 0 N–H and O–H groups in total. The second-order valence-corrected chi connectivity index (χ2v) is 2.91. The van der Waals surface area contributed by atoms with E-state index in [4.69, 9.17) is 4.53 Å². The quantitative estimate of drug-likeness (QED) is 0.333. The maximum Gasteiger partial charge on any atom is 0.287 e. The van der Waals surface area contributed by atoms with Crippen LogP contribution >= 0.6 is 0 Å². The van der Waals surface area contributed by atoms with Crippen molar-refractivity contribution in [2.75, 3.05) is 0 Å². The van der Waals surface area contributed by atoms with Crippen molar-refractivity contribution in [3.05, 3.63) is 0 Å². The Labute approximate surface area is 40.1 Å². The average Bonchev–Trinajstić information content (AvgIpc) is 2.06. The number of hydroxylamine groups is 1. The molecule has 0 aromatic heterocycles. The lowest BCUT2D eigenvalue weighted by Gasteiger charge is -1.96. The van der Waals surface area contributed by atoms with Crippen molar-refractivity contribution in [1.29, 1.82) is 0 Å². The van der Waals surface area contributed by atoms with Crippen LogP contribution in [0.1, 0.15) is 13.8 Å². The first-order valence-corrected chi connectivity index (χ1v) is 3.41. The maximum absolute atomic E-state index is 4.94. The highest BCUT2D eigenvalue weighted by atomic mass is 28.3. The lowest BCUT2D eigenvalue weighted by Crippen LogP contribution is -2.07. The Morgan fingerprint density at radius 1 is 1.67 bits per heavy atom. The van der Waals surface area contributed by atoms with Crippen LogP contribution in [0.25, 0.3) is 0 Å². The van der Waals surface area contributed by atoms with Crippen molar-refractivity contribution in [3.63, 3.8) is 0 Å². The Morgan fingerprint density at radius 2 is 2.17 bits per heavy atom. The van der Waals surface area contributed by atoms with Crippen LogP contribution in [0.3, 0.4) is 0 Å². The highest BCUT2D eigenvalue weighted by Gasteiger charge is 2.22. The molecule has 3 heteroatoms. The fraction of sp³-hybridized carbons (Fsp3) is 1.00. The van der Waals surface area contributed by atoms with Crippen LogP contribution in [0.2, 0.25) is 0 Å². The van der Waals surface area contributed by atoms with Crippen LogP contribution in [0.15, 0.2) is 0 Å². The first-order chi connectivity index (χ1) is 2.80. The summed E-state index contributed by atoms with van der Waals surface area (Å²) in [5.41, 5.74) is 0. The number of hydrogen-bond acceptors (Lipinski definition) is 2. The minimum atomic E-state index is -0.133. The van der Waals surface area contributed by atoms with Crippen molar-refractivity contribution in [2.24, 2.45) is 0 Å². The molecule has 1 saturated heterocycles. The van der Waals surface area contributed by atoms with Gasteiger partial charge in [0.2, 0.25) is 0 Å². The van der Waals surface area contributed by atoms with Gasteiger partial charge in [-0.25, -0.2) is 0 Å². The monoisotopic (exact) mass is 103 g/mol. The fourth-order valence-electron chi connectivity index (χ4n) is 0.331. The average molecular weight is 103 g/mol. The zero-order valence-electron chi connectivity index (χ0n) is 4.14. The van der Waals surface area contributed by atoms with E-state index in [-0.39, 0.29) is 9.92 Å². The molecule has 1 atom stereocenters. The van der Waals surface area contributed by atoms with Crippen LogP contribution in [0.5, 0.6) is 0 Å². The van der Waals surface area contributed by atoms with Crippen LogP contribution < -0.4 is 0 Å². The van der Waals surface area contributed by atoms with Crippen LogP contribution in [-0.2, 0) is 4.53 Å². The van der Waals surface area contributed by atoms with E-state index in [9.17, 15) is 0 Å². The highest BCUT2D eigenvalue weighted by molar-refractivity contribution is 6.31. The van der Waals surface area contributed by atoms with E-state index in [1.165, 1.54) is 0 Å². The predicted octanol–water partition coefficient (Wildman–Crippen LogP) is -0.359. The molecule has 6 heavy (non-hydrogen) atoms. The van der Waals surface area contributed by atoms with Gasteiger partial charge in [-0.1, -0.05) is 0 Å². The molecule has 0 radical (unpaired) electrons. The Kier molecular flexibility index (Phi) is 0.952. The Hall–Kier alpha value is 0.137. The molecule has 0 aromatic rings. The summed E-state index contributed by atoms with van der Waals surface area (Å²) in [6.45, 7) is 4.28. The van der Waals surface area contributed by atoms with Crippen molar-refractivity contribution in [2.45, 2.75) is 19.9 Å². The smallest absolute Gasteiger partial charge is 0.287 e. The summed E-state index contributed by atoms with van der Waals surface area (Å²) in [7, 11) is -0.133. The zero-order chi connectivity index (χ0) is 4.57. The molecule has 0 saturated carbocycles. The molecular weight excluding hydrogens is 94.1 g/mol. The lowest BCUT2D eigenvalue weighted by molar-refractivity contribution is 0.166. The summed E-state index contributed by atoms with van der Waals surface area (Å²) >= 11 is 0. The van der Waals surface area contributed by atoms with Crippen LogP contribution in [-0.4, -0.2) is 20.7 Å². The molecular formula is C3H9NOSi. The van der Waals surface area contributed by atoms with Gasteiger partial charge in [-0.2, -0.15) is 4.73 Å². The normalized spacial score (nSPS) is 35.5. The van der Waals surface area contributed by atoms with Crippen molar-refractivity contribution in [1.82, 2.24) is 4.73 Å². The van der Waals surface area contributed by atoms with Gasteiger partial charge < -0.3 is 4.53 Å². The summed E-state index contributed by atoms with van der Waals surface area (Å²) in [6.07, 6.45) is 0. The van der Waals surface area contributed by atoms with Crippen LogP contribution in [0.4, 0.5) is 0 Å². The predicted molar refractivity (Wildman–Crippen MR) is 26.6 cm³/mol. The molecule has 2 nitrogen and oxygen atoms in total.